The van der Waals surface area contributed by atoms with Crippen molar-refractivity contribution in [1.82, 2.24) is 30.0 Å². The van der Waals surface area contributed by atoms with Crippen LogP contribution in [0.4, 0.5) is 16.4 Å². The van der Waals surface area contributed by atoms with Crippen molar-refractivity contribution < 1.29 is 19.1 Å². The van der Waals surface area contributed by atoms with Gasteiger partial charge in [-0.15, -0.1) is 0 Å². The second-order valence-corrected chi connectivity index (χ2v) is 10.2. The zero-order valence-electron chi connectivity index (χ0n) is 22.8. The number of fused-ring (bicyclic) bond motifs is 1. The Bertz CT molecular complexity index is 1530. The molecule has 0 radical (unpaired) electrons. The number of H-pyrrole nitrogens is 1. The number of rotatable bonds is 6. The van der Waals surface area contributed by atoms with E-state index < -0.39 is 0 Å². The van der Waals surface area contributed by atoms with Crippen LogP contribution < -0.4 is 15.4 Å². The number of aromatic amines is 1. The highest BCUT2D eigenvalue weighted by atomic mass is 16.5. The number of likely N-dealkylation sites (tertiary alicyclic amines) is 1. The molecule has 0 spiro atoms. The van der Waals surface area contributed by atoms with E-state index in [0.29, 0.717) is 67.2 Å². The zero-order valence-corrected chi connectivity index (χ0v) is 22.8. The van der Waals surface area contributed by atoms with Gasteiger partial charge in [-0.3, -0.25) is 9.89 Å². The predicted molar refractivity (Wildman–Crippen MR) is 153 cm³/mol. The fourth-order valence-corrected chi connectivity index (χ4v) is 5.12. The molecule has 2 aliphatic heterocycles. The van der Waals surface area contributed by atoms with Gasteiger partial charge in [-0.25, -0.2) is 14.8 Å². The Kier molecular flexibility index (Phi) is 7.63. The SMILES string of the molecule is Cc1ccnc(NC(=O)c2ccc(Oc3ccnc4[nH]nc(N[C@@H]5CCCN(C(=O)N6CCOCC6)C5)c34)cc2)c1. The number of aryl methyl sites for hydroxylation is 1. The monoisotopic (exact) mass is 556 g/mol. The van der Waals surface area contributed by atoms with Crippen molar-refractivity contribution in [3.63, 3.8) is 0 Å². The van der Waals surface area contributed by atoms with Crippen LogP contribution in [-0.2, 0) is 4.74 Å². The largest absolute Gasteiger partial charge is 0.456 e. The summed E-state index contributed by atoms with van der Waals surface area (Å²) >= 11 is 0. The Morgan fingerprint density at radius 2 is 1.83 bits per heavy atom. The van der Waals surface area contributed by atoms with Gasteiger partial charge in [0.25, 0.3) is 5.91 Å². The molecule has 2 saturated heterocycles. The van der Waals surface area contributed by atoms with Gasteiger partial charge in [0, 0.05) is 56.2 Å². The van der Waals surface area contributed by atoms with Crippen LogP contribution in [0, 0.1) is 6.92 Å². The van der Waals surface area contributed by atoms with Crippen LogP contribution in [0.25, 0.3) is 11.0 Å². The Balaban J connectivity index is 1.14. The van der Waals surface area contributed by atoms with Crippen LogP contribution in [0.3, 0.4) is 0 Å². The third-order valence-electron chi connectivity index (χ3n) is 7.24. The molecule has 3 N–H and O–H groups in total. The van der Waals surface area contributed by atoms with Crippen LogP contribution in [0.1, 0.15) is 28.8 Å². The molecule has 4 aromatic rings. The Morgan fingerprint density at radius 3 is 2.63 bits per heavy atom. The van der Waals surface area contributed by atoms with E-state index >= 15 is 0 Å². The van der Waals surface area contributed by atoms with E-state index in [0.717, 1.165) is 30.3 Å². The zero-order chi connectivity index (χ0) is 28.2. The molecule has 5 heterocycles. The lowest BCUT2D eigenvalue weighted by molar-refractivity contribution is 0.0412. The predicted octanol–water partition coefficient (Wildman–Crippen LogP) is 4.03. The minimum Gasteiger partial charge on any atom is -0.456 e. The highest BCUT2D eigenvalue weighted by molar-refractivity contribution is 6.03. The lowest BCUT2D eigenvalue weighted by Crippen LogP contribution is -2.53. The number of ether oxygens (including phenoxy) is 2. The molecule has 41 heavy (non-hydrogen) atoms. The standard InChI is InChI=1S/C29H32N8O4/c1-19-8-10-30-24(17-19)33-28(38)20-4-6-22(7-5-20)41-23-9-11-31-26-25(23)27(35-34-26)32-21-3-2-12-37(18-21)29(39)36-13-15-40-16-14-36/h4-11,17,21H,2-3,12-16,18H2,1H3,(H,30,33,38)(H2,31,32,34,35)/t21-/m1/s1. The van der Waals surface area contributed by atoms with Gasteiger partial charge in [0.15, 0.2) is 11.5 Å². The average molecular weight is 557 g/mol. The third kappa shape index (κ3) is 6.07. The second-order valence-electron chi connectivity index (χ2n) is 10.2. The Morgan fingerprint density at radius 1 is 1.02 bits per heavy atom. The highest BCUT2D eigenvalue weighted by Gasteiger charge is 2.29. The molecule has 6 rings (SSSR count). The van der Waals surface area contributed by atoms with E-state index in [-0.39, 0.29) is 18.0 Å². The number of anilines is 2. The lowest BCUT2D eigenvalue weighted by Gasteiger charge is -2.37. The summed E-state index contributed by atoms with van der Waals surface area (Å²) in [5.41, 5.74) is 2.08. The number of urea groups is 1. The Hall–Kier alpha value is -4.71. The number of pyridine rings is 2. The number of aromatic nitrogens is 4. The molecule has 3 amide bonds. The first-order valence-electron chi connectivity index (χ1n) is 13.8. The molecule has 0 saturated carbocycles. The molecule has 3 aromatic heterocycles. The number of carbonyl (C=O) groups excluding carboxylic acids is 2. The summed E-state index contributed by atoms with van der Waals surface area (Å²) in [4.78, 5) is 38.1. The number of nitrogens with zero attached hydrogens (tertiary/aromatic N) is 5. The van der Waals surface area contributed by atoms with Gasteiger partial charge in [0.05, 0.1) is 13.2 Å². The molecular formula is C29H32N8O4. The van der Waals surface area contributed by atoms with Crippen LogP contribution in [0.5, 0.6) is 11.5 Å². The topological polar surface area (TPSA) is 138 Å². The summed E-state index contributed by atoms with van der Waals surface area (Å²) in [5.74, 6) is 2.01. The molecule has 2 fully saturated rings. The first-order chi connectivity index (χ1) is 20.0. The Labute approximate surface area is 237 Å². The average Bonchev–Trinajstić information content (AvgIpc) is 3.41. The second kappa shape index (κ2) is 11.8. The normalized spacial score (nSPS) is 17.3. The van der Waals surface area contributed by atoms with E-state index in [4.69, 9.17) is 9.47 Å². The van der Waals surface area contributed by atoms with Crippen LogP contribution in [-0.4, -0.2) is 87.3 Å². The molecule has 0 aliphatic carbocycles. The van der Waals surface area contributed by atoms with E-state index in [2.05, 4.69) is 30.8 Å². The minimum absolute atomic E-state index is 0.0361. The van der Waals surface area contributed by atoms with Gasteiger partial charge >= 0.3 is 6.03 Å². The van der Waals surface area contributed by atoms with Crippen molar-refractivity contribution in [2.75, 3.05) is 50.0 Å². The summed E-state index contributed by atoms with van der Waals surface area (Å²) in [7, 11) is 0. The summed E-state index contributed by atoms with van der Waals surface area (Å²) in [5, 5.41) is 14.5. The quantitative estimate of drug-likeness (QED) is 0.324. The molecule has 1 atom stereocenters. The van der Waals surface area contributed by atoms with Gasteiger partial charge in [-0.2, -0.15) is 5.10 Å². The molecular weight excluding hydrogens is 524 g/mol. The minimum atomic E-state index is -0.254. The molecule has 12 nitrogen and oxygen atoms in total. The smallest absolute Gasteiger partial charge is 0.320 e. The number of hydrogen-bond acceptors (Lipinski definition) is 8. The third-order valence-corrected chi connectivity index (χ3v) is 7.24. The fourth-order valence-electron chi connectivity index (χ4n) is 5.12. The van der Waals surface area contributed by atoms with Crippen LogP contribution >= 0.6 is 0 Å². The maximum atomic E-state index is 13.0. The molecule has 12 heteroatoms. The number of benzene rings is 1. The van der Waals surface area contributed by atoms with Crippen molar-refractivity contribution >= 4 is 34.6 Å². The van der Waals surface area contributed by atoms with Gasteiger partial charge in [-0.1, -0.05) is 0 Å². The number of amides is 3. The summed E-state index contributed by atoms with van der Waals surface area (Å²) in [6.07, 6.45) is 5.13. The first kappa shape index (κ1) is 26.5. The maximum Gasteiger partial charge on any atom is 0.320 e. The van der Waals surface area contributed by atoms with E-state index in [9.17, 15) is 9.59 Å². The molecule has 212 valence electrons. The summed E-state index contributed by atoms with van der Waals surface area (Å²) < 4.78 is 11.6. The van der Waals surface area contributed by atoms with Crippen molar-refractivity contribution in [3.8, 4) is 11.5 Å². The highest BCUT2D eigenvalue weighted by Crippen LogP contribution is 2.33. The molecule has 0 bridgehead atoms. The summed E-state index contributed by atoms with van der Waals surface area (Å²) in [6.45, 7) is 5.68. The van der Waals surface area contributed by atoms with E-state index in [1.54, 1.807) is 42.7 Å². The number of nitrogens with one attached hydrogen (secondary N) is 3. The lowest BCUT2D eigenvalue weighted by atomic mass is 10.1. The van der Waals surface area contributed by atoms with Crippen molar-refractivity contribution in [2.45, 2.75) is 25.8 Å². The number of piperidine rings is 1. The van der Waals surface area contributed by atoms with Crippen LogP contribution in [0.15, 0.2) is 54.9 Å². The molecule has 2 aliphatic rings. The maximum absolute atomic E-state index is 13.0. The first-order valence-corrected chi connectivity index (χ1v) is 13.8. The van der Waals surface area contributed by atoms with Crippen molar-refractivity contribution in [3.05, 3.63) is 66.0 Å². The summed E-state index contributed by atoms with van der Waals surface area (Å²) in [6, 6.07) is 12.5. The van der Waals surface area contributed by atoms with Gasteiger partial charge in [-0.05, 0) is 61.7 Å². The van der Waals surface area contributed by atoms with Gasteiger partial charge < -0.3 is 29.9 Å². The number of carbonyl (C=O) groups is 2. The molecule has 0 unspecified atom stereocenters. The van der Waals surface area contributed by atoms with Crippen LogP contribution in [0.2, 0.25) is 0 Å². The van der Waals surface area contributed by atoms with Crippen molar-refractivity contribution in [2.24, 2.45) is 0 Å². The van der Waals surface area contributed by atoms with E-state index in [1.165, 1.54) is 0 Å². The molecule has 1 aromatic carbocycles. The van der Waals surface area contributed by atoms with E-state index in [1.807, 2.05) is 28.9 Å². The van der Waals surface area contributed by atoms with Gasteiger partial charge in [0.2, 0.25) is 0 Å². The van der Waals surface area contributed by atoms with Crippen molar-refractivity contribution in [1.29, 1.82) is 0 Å². The fraction of sp³-hybridized carbons (Fsp3) is 0.345. The number of hydrogen-bond donors (Lipinski definition) is 3. The number of morpholine rings is 1. The van der Waals surface area contributed by atoms with Gasteiger partial charge in [0.1, 0.15) is 22.7 Å².